The highest BCUT2D eigenvalue weighted by Gasteiger charge is 2.41. The minimum atomic E-state index is -0.671. The van der Waals surface area contributed by atoms with Gasteiger partial charge < -0.3 is 10.2 Å². The summed E-state index contributed by atoms with van der Waals surface area (Å²) >= 11 is 0. The van der Waals surface area contributed by atoms with Crippen molar-refractivity contribution in [3.63, 3.8) is 0 Å². The maximum atomic E-state index is 12.8. The fourth-order valence-electron chi connectivity index (χ4n) is 3.05. The molecule has 0 bridgehead atoms. The molecule has 0 aromatic rings. The molecule has 1 aliphatic rings. The first-order valence-corrected chi connectivity index (χ1v) is 8.70. The molecule has 0 aliphatic carbocycles. The summed E-state index contributed by atoms with van der Waals surface area (Å²) in [4.78, 5) is 26.5. The predicted molar refractivity (Wildman–Crippen MR) is 86.0 cm³/mol. The number of nitrogens with zero attached hydrogens (tertiary/aromatic N) is 1. The van der Waals surface area contributed by atoms with Gasteiger partial charge in [0.15, 0.2) is 0 Å². The molecule has 1 rings (SSSR count). The van der Waals surface area contributed by atoms with Crippen LogP contribution < -0.4 is 5.32 Å². The first kappa shape index (κ1) is 18.0. The lowest BCUT2D eigenvalue weighted by Crippen LogP contribution is -2.56. The molecule has 0 atom stereocenters. The fourth-order valence-corrected chi connectivity index (χ4v) is 3.05. The highest BCUT2D eigenvalue weighted by atomic mass is 16.2. The van der Waals surface area contributed by atoms with Crippen LogP contribution in [0.3, 0.4) is 0 Å². The van der Waals surface area contributed by atoms with Crippen molar-refractivity contribution in [2.75, 3.05) is 13.1 Å². The zero-order chi connectivity index (χ0) is 15.7. The third-order valence-electron chi connectivity index (χ3n) is 4.67. The van der Waals surface area contributed by atoms with Crippen LogP contribution in [0, 0.1) is 0 Å². The number of unbranched alkanes of at least 4 members (excludes halogenated alkanes) is 5. The van der Waals surface area contributed by atoms with Gasteiger partial charge in [-0.2, -0.15) is 0 Å². The van der Waals surface area contributed by atoms with Crippen LogP contribution in [-0.4, -0.2) is 35.3 Å². The summed E-state index contributed by atoms with van der Waals surface area (Å²) in [6.07, 6.45) is 9.09. The standard InChI is InChI=1S/C17H32N2O2/c1-4-7-8-9-10-11-13-19-14-12-15(20)18-17(5-2,6-3)16(19)21/h4-14H2,1-3H3,(H,18,20). The van der Waals surface area contributed by atoms with E-state index in [2.05, 4.69) is 12.2 Å². The van der Waals surface area contributed by atoms with Gasteiger partial charge in [0, 0.05) is 19.5 Å². The van der Waals surface area contributed by atoms with Crippen LogP contribution in [0.4, 0.5) is 0 Å². The van der Waals surface area contributed by atoms with Gasteiger partial charge in [-0.3, -0.25) is 9.59 Å². The molecule has 0 saturated carbocycles. The number of carbonyl (C=O) groups is 2. The molecule has 1 N–H and O–H groups in total. The van der Waals surface area contributed by atoms with Gasteiger partial charge >= 0.3 is 0 Å². The topological polar surface area (TPSA) is 49.4 Å². The van der Waals surface area contributed by atoms with E-state index in [1.54, 1.807) is 0 Å². The zero-order valence-corrected chi connectivity index (χ0v) is 14.0. The Hall–Kier alpha value is -1.06. The lowest BCUT2D eigenvalue weighted by molar-refractivity contribution is -0.139. The normalized spacial score (nSPS) is 18.5. The maximum absolute atomic E-state index is 12.8. The Bertz CT molecular complexity index is 338. The van der Waals surface area contributed by atoms with Crippen molar-refractivity contribution in [2.24, 2.45) is 0 Å². The molecule has 0 aromatic carbocycles. The Labute approximate surface area is 129 Å². The van der Waals surface area contributed by atoms with Crippen molar-refractivity contribution in [2.45, 2.75) is 84.1 Å². The van der Waals surface area contributed by atoms with Gasteiger partial charge in [0.2, 0.25) is 11.8 Å². The van der Waals surface area contributed by atoms with Gasteiger partial charge in [-0.15, -0.1) is 0 Å². The Morgan fingerprint density at radius 3 is 2.24 bits per heavy atom. The van der Waals surface area contributed by atoms with Gasteiger partial charge in [-0.1, -0.05) is 52.9 Å². The highest BCUT2D eigenvalue weighted by Crippen LogP contribution is 2.22. The van der Waals surface area contributed by atoms with E-state index in [1.807, 2.05) is 18.7 Å². The zero-order valence-electron chi connectivity index (χ0n) is 14.0. The minimum Gasteiger partial charge on any atom is -0.342 e. The summed E-state index contributed by atoms with van der Waals surface area (Å²) in [5, 5.41) is 2.96. The number of rotatable bonds is 9. The molecule has 0 spiro atoms. The molecule has 1 fully saturated rings. The summed E-state index contributed by atoms with van der Waals surface area (Å²) in [6.45, 7) is 7.55. The summed E-state index contributed by atoms with van der Waals surface area (Å²) in [6, 6.07) is 0. The van der Waals surface area contributed by atoms with E-state index in [9.17, 15) is 9.59 Å². The van der Waals surface area contributed by atoms with Crippen molar-refractivity contribution in [1.82, 2.24) is 10.2 Å². The van der Waals surface area contributed by atoms with Crippen LogP contribution in [0.2, 0.25) is 0 Å². The molecule has 0 unspecified atom stereocenters. The van der Waals surface area contributed by atoms with Crippen molar-refractivity contribution >= 4 is 11.8 Å². The van der Waals surface area contributed by atoms with Crippen LogP contribution in [0.1, 0.15) is 78.6 Å². The van der Waals surface area contributed by atoms with Crippen molar-refractivity contribution in [3.05, 3.63) is 0 Å². The van der Waals surface area contributed by atoms with E-state index in [4.69, 9.17) is 0 Å². The summed E-state index contributed by atoms with van der Waals surface area (Å²) < 4.78 is 0. The Morgan fingerprint density at radius 1 is 1.00 bits per heavy atom. The number of hydrogen-bond acceptors (Lipinski definition) is 2. The minimum absolute atomic E-state index is 0.0116. The summed E-state index contributed by atoms with van der Waals surface area (Å²) in [5.74, 6) is 0.129. The quantitative estimate of drug-likeness (QED) is 0.664. The summed E-state index contributed by atoms with van der Waals surface area (Å²) in [7, 11) is 0. The van der Waals surface area contributed by atoms with Gasteiger partial charge in [-0.05, 0) is 19.3 Å². The van der Waals surface area contributed by atoms with E-state index >= 15 is 0 Å². The molecule has 21 heavy (non-hydrogen) atoms. The molecule has 2 amide bonds. The lowest BCUT2D eigenvalue weighted by Gasteiger charge is -2.33. The third-order valence-corrected chi connectivity index (χ3v) is 4.67. The fraction of sp³-hybridized carbons (Fsp3) is 0.882. The van der Waals surface area contributed by atoms with Crippen molar-refractivity contribution < 1.29 is 9.59 Å². The first-order valence-electron chi connectivity index (χ1n) is 8.70. The van der Waals surface area contributed by atoms with E-state index in [0.29, 0.717) is 25.8 Å². The van der Waals surface area contributed by atoms with Gasteiger partial charge in [0.25, 0.3) is 0 Å². The smallest absolute Gasteiger partial charge is 0.248 e. The molecule has 1 aliphatic heterocycles. The highest BCUT2D eigenvalue weighted by molar-refractivity contribution is 5.93. The molecule has 4 heteroatoms. The van der Waals surface area contributed by atoms with E-state index < -0.39 is 5.54 Å². The van der Waals surface area contributed by atoms with E-state index in [-0.39, 0.29) is 11.8 Å². The number of amides is 2. The maximum Gasteiger partial charge on any atom is 0.248 e. The second-order valence-electron chi connectivity index (χ2n) is 6.15. The Balaban J connectivity index is 2.52. The number of hydrogen-bond donors (Lipinski definition) is 1. The SMILES string of the molecule is CCCCCCCCN1CCC(=O)NC(CC)(CC)C1=O. The predicted octanol–water partition coefficient (Wildman–Crippen LogP) is 3.25. The molecule has 1 saturated heterocycles. The summed E-state index contributed by atoms with van der Waals surface area (Å²) in [5.41, 5.74) is -0.671. The molecule has 0 radical (unpaired) electrons. The lowest BCUT2D eigenvalue weighted by atomic mass is 9.91. The Morgan fingerprint density at radius 2 is 1.62 bits per heavy atom. The molecule has 122 valence electrons. The third kappa shape index (κ3) is 5.01. The van der Waals surface area contributed by atoms with Crippen molar-refractivity contribution in [3.8, 4) is 0 Å². The molecular formula is C17H32N2O2. The largest absolute Gasteiger partial charge is 0.342 e. The second-order valence-corrected chi connectivity index (χ2v) is 6.15. The second kappa shape index (κ2) is 9.06. The average molecular weight is 296 g/mol. The van der Waals surface area contributed by atoms with Crippen molar-refractivity contribution in [1.29, 1.82) is 0 Å². The monoisotopic (exact) mass is 296 g/mol. The average Bonchev–Trinajstić information content (AvgIpc) is 2.61. The van der Waals surface area contributed by atoms with Gasteiger partial charge in [0.05, 0.1) is 0 Å². The van der Waals surface area contributed by atoms with Crippen LogP contribution >= 0.6 is 0 Å². The van der Waals surface area contributed by atoms with Crippen LogP contribution in [0.15, 0.2) is 0 Å². The van der Waals surface area contributed by atoms with E-state index in [0.717, 1.165) is 13.0 Å². The van der Waals surface area contributed by atoms with Crippen LogP contribution in [0.5, 0.6) is 0 Å². The molecule has 0 aromatic heterocycles. The molecule has 1 heterocycles. The molecule has 4 nitrogen and oxygen atoms in total. The van der Waals surface area contributed by atoms with Crippen LogP contribution in [-0.2, 0) is 9.59 Å². The van der Waals surface area contributed by atoms with Gasteiger partial charge in [-0.25, -0.2) is 0 Å². The number of nitrogens with one attached hydrogen (secondary N) is 1. The van der Waals surface area contributed by atoms with Crippen LogP contribution in [0.25, 0.3) is 0 Å². The number of carbonyl (C=O) groups excluding carboxylic acids is 2. The first-order chi connectivity index (χ1) is 10.1. The van der Waals surface area contributed by atoms with Gasteiger partial charge in [0.1, 0.15) is 5.54 Å². The van der Waals surface area contributed by atoms with E-state index in [1.165, 1.54) is 32.1 Å². The molecular weight excluding hydrogens is 264 g/mol. The Kier molecular flexibility index (Phi) is 7.76.